The second-order valence-electron chi connectivity index (χ2n) is 8.71. The van der Waals surface area contributed by atoms with E-state index in [2.05, 4.69) is 22.2 Å². The maximum atomic E-state index is 12.5. The van der Waals surface area contributed by atoms with Crippen LogP contribution in [0.1, 0.15) is 17.8 Å². The van der Waals surface area contributed by atoms with Crippen LogP contribution in [0.2, 0.25) is 0 Å². The van der Waals surface area contributed by atoms with Gasteiger partial charge in [-0.2, -0.15) is 4.98 Å². The Bertz CT molecular complexity index is 1270. The van der Waals surface area contributed by atoms with E-state index in [0.717, 1.165) is 41.0 Å². The van der Waals surface area contributed by atoms with Crippen LogP contribution >= 0.6 is 0 Å². The predicted octanol–water partition coefficient (Wildman–Crippen LogP) is 4.07. The maximum absolute atomic E-state index is 12.5. The Balaban J connectivity index is 1.56. The zero-order valence-corrected chi connectivity index (χ0v) is 19.5. The predicted molar refractivity (Wildman–Crippen MR) is 132 cm³/mol. The number of benzene rings is 2. The lowest BCUT2D eigenvalue weighted by atomic mass is 10.1. The van der Waals surface area contributed by atoms with Gasteiger partial charge < -0.3 is 19.2 Å². The fourth-order valence-electron chi connectivity index (χ4n) is 4.36. The van der Waals surface area contributed by atoms with Crippen molar-refractivity contribution < 1.29 is 9.32 Å². The van der Waals surface area contributed by atoms with Crippen molar-refractivity contribution in [2.45, 2.75) is 12.8 Å². The molecule has 0 bridgehead atoms. The normalized spacial score (nSPS) is 14.3. The molecular weight excluding hydrogens is 428 g/mol. The van der Waals surface area contributed by atoms with Gasteiger partial charge in [0.05, 0.1) is 0 Å². The average molecular weight is 457 g/mol. The molecule has 0 atom stereocenters. The van der Waals surface area contributed by atoms with Crippen LogP contribution in [0, 0.1) is 0 Å². The van der Waals surface area contributed by atoms with E-state index in [1.165, 1.54) is 0 Å². The summed E-state index contributed by atoms with van der Waals surface area (Å²) in [5.74, 6) is 1.50. The van der Waals surface area contributed by atoms with Crippen LogP contribution in [0.5, 0.6) is 0 Å². The van der Waals surface area contributed by atoms with Gasteiger partial charge in [-0.3, -0.25) is 0 Å². The highest BCUT2D eigenvalue weighted by atomic mass is 16.5. The summed E-state index contributed by atoms with van der Waals surface area (Å²) in [4.78, 5) is 28.1. The van der Waals surface area contributed by atoms with Crippen molar-refractivity contribution in [3.05, 3.63) is 72.1 Å². The summed E-state index contributed by atoms with van der Waals surface area (Å²) in [6.45, 7) is 2.81. The molecule has 2 aromatic carbocycles. The molecular formula is C26H28N6O2. The summed E-state index contributed by atoms with van der Waals surface area (Å²) in [6, 6.07) is 20.2. The molecule has 34 heavy (non-hydrogen) atoms. The Labute approximate surface area is 198 Å². The molecule has 0 aliphatic carbocycles. The molecule has 2 amide bonds. The Morgan fingerprint density at radius 1 is 0.941 bits per heavy atom. The summed E-state index contributed by atoms with van der Waals surface area (Å²) in [7, 11) is 3.58. The smallest absolute Gasteiger partial charge is 0.319 e. The van der Waals surface area contributed by atoms with Gasteiger partial charge >= 0.3 is 6.03 Å². The van der Waals surface area contributed by atoms with E-state index in [0.29, 0.717) is 37.6 Å². The molecule has 1 saturated heterocycles. The van der Waals surface area contributed by atoms with E-state index in [1.54, 1.807) is 19.0 Å². The van der Waals surface area contributed by atoms with Crippen molar-refractivity contribution in [3.63, 3.8) is 0 Å². The monoisotopic (exact) mass is 456 g/mol. The van der Waals surface area contributed by atoms with E-state index in [4.69, 9.17) is 14.5 Å². The summed E-state index contributed by atoms with van der Waals surface area (Å²) in [5, 5.41) is 5.20. The SMILES string of the molecule is CN(C)C(=O)N1CCCN(c2nc(Cc3ccccc3)nc3onc(-c4ccccc4)c23)CC1. The first kappa shape index (κ1) is 21.9. The van der Waals surface area contributed by atoms with E-state index in [-0.39, 0.29) is 6.03 Å². The fourth-order valence-corrected chi connectivity index (χ4v) is 4.36. The topological polar surface area (TPSA) is 78.6 Å². The molecule has 3 heterocycles. The molecule has 0 spiro atoms. The number of carbonyl (C=O) groups is 1. The molecule has 0 N–H and O–H groups in total. The number of amides is 2. The molecule has 0 unspecified atom stereocenters. The third-order valence-corrected chi connectivity index (χ3v) is 6.06. The van der Waals surface area contributed by atoms with Crippen molar-refractivity contribution in [3.8, 4) is 11.3 Å². The van der Waals surface area contributed by atoms with E-state index in [1.807, 2.05) is 53.4 Å². The molecule has 8 heteroatoms. The molecule has 0 radical (unpaired) electrons. The zero-order chi connectivity index (χ0) is 23.5. The molecule has 1 aliphatic heterocycles. The van der Waals surface area contributed by atoms with Gasteiger partial charge in [0.25, 0.3) is 5.71 Å². The van der Waals surface area contributed by atoms with Gasteiger partial charge in [-0.1, -0.05) is 65.8 Å². The van der Waals surface area contributed by atoms with Gasteiger partial charge in [-0.15, -0.1) is 0 Å². The third-order valence-electron chi connectivity index (χ3n) is 6.06. The lowest BCUT2D eigenvalue weighted by Gasteiger charge is -2.25. The number of hydrogen-bond acceptors (Lipinski definition) is 6. The Morgan fingerprint density at radius 2 is 1.68 bits per heavy atom. The molecule has 174 valence electrons. The minimum absolute atomic E-state index is 0.0365. The zero-order valence-electron chi connectivity index (χ0n) is 19.5. The van der Waals surface area contributed by atoms with Crippen molar-refractivity contribution >= 4 is 22.9 Å². The van der Waals surface area contributed by atoms with E-state index >= 15 is 0 Å². The minimum atomic E-state index is 0.0365. The molecule has 0 saturated carbocycles. The van der Waals surface area contributed by atoms with Crippen LogP contribution in [-0.4, -0.2) is 71.2 Å². The summed E-state index contributed by atoms with van der Waals surface area (Å²) < 4.78 is 5.74. The van der Waals surface area contributed by atoms with Crippen LogP contribution in [0.25, 0.3) is 22.4 Å². The molecule has 1 aliphatic rings. The number of anilines is 1. The first-order valence-electron chi connectivity index (χ1n) is 11.6. The molecule has 8 nitrogen and oxygen atoms in total. The van der Waals surface area contributed by atoms with Crippen molar-refractivity contribution in [1.29, 1.82) is 0 Å². The Hall–Kier alpha value is -3.94. The first-order valence-corrected chi connectivity index (χ1v) is 11.6. The highest BCUT2D eigenvalue weighted by Gasteiger charge is 2.26. The fraction of sp³-hybridized carbons (Fsp3) is 0.308. The lowest BCUT2D eigenvalue weighted by molar-refractivity contribution is 0.174. The van der Waals surface area contributed by atoms with Gasteiger partial charge in [0, 0.05) is 52.3 Å². The molecule has 2 aromatic heterocycles. The summed E-state index contributed by atoms with van der Waals surface area (Å²) in [6.07, 6.45) is 1.45. The van der Waals surface area contributed by atoms with Crippen LogP contribution in [0.3, 0.4) is 0 Å². The van der Waals surface area contributed by atoms with Crippen molar-refractivity contribution in [2.75, 3.05) is 45.2 Å². The Morgan fingerprint density at radius 3 is 2.41 bits per heavy atom. The number of aromatic nitrogens is 3. The third kappa shape index (κ3) is 4.44. The van der Waals surface area contributed by atoms with E-state index < -0.39 is 0 Å². The molecule has 5 rings (SSSR count). The van der Waals surface area contributed by atoms with Crippen LogP contribution < -0.4 is 4.90 Å². The lowest BCUT2D eigenvalue weighted by Crippen LogP contribution is -2.41. The van der Waals surface area contributed by atoms with E-state index in [9.17, 15) is 4.79 Å². The van der Waals surface area contributed by atoms with Gasteiger partial charge in [-0.05, 0) is 12.0 Å². The standard InChI is InChI=1S/C26H28N6O2/c1-30(2)26(33)32-15-9-14-31(16-17-32)24-22-23(20-12-7-4-8-13-20)29-34-25(22)28-21(27-24)18-19-10-5-3-6-11-19/h3-8,10-13H,9,14-18H2,1-2H3. The first-order chi connectivity index (χ1) is 16.6. The minimum Gasteiger partial charge on any atom is -0.354 e. The van der Waals surface area contributed by atoms with Gasteiger partial charge in [0.15, 0.2) is 0 Å². The highest BCUT2D eigenvalue weighted by molar-refractivity contribution is 5.98. The van der Waals surface area contributed by atoms with Gasteiger partial charge in [0.2, 0.25) is 0 Å². The second-order valence-corrected chi connectivity index (χ2v) is 8.71. The largest absolute Gasteiger partial charge is 0.354 e. The number of nitrogens with zero attached hydrogens (tertiary/aromatic N) is 6. The average Bonchev–Trinajstić information content (AvgIpc) is 3.13. The van der Waals surface area contributed by atoms with Crippen molar-refractivity contribution in [2.24, 2.45) is 0 Å². The number of fused-ring (bicyclic) bond motifs is 1. The van der Waals surface area contributed by atoms with Gasteiger partial charge in [-0.25, -0.2) is 9.78 Å². The van der Waals surface area contributed by atoms with Gasteiger partial charge in [0.1, 0.15) is 22.7 Å². The Kier molecular flexibility index (Phi) is 6.12. The molecule has 4 aromatic rings. The second kappa shape index (κ2) is 9.51. The number of urea groups is 1. The quantitative estimate of drug-likeness (QED) is 0.461. The number of rotatable bonds is 4. The highest BCUT2D eigenvalue weighted by Crippen LogP contribution is 2.34. The van der Waals surface area contributed by atoms with Crippen molar-refractivity contribution in [1.82, 2.24) is 24.9 Å². The molecule has 1 fully saturated rings. The maximum Gasteiger partial charge on any atom is 0.319 e. The van der Waals surface area contributed by atoms with Crippen LogP contribution in [0.15, 0.2) is 65.2 Å². The van der Waals surface area contributed by atoms with Crippen LogP contribution in [0.4, 0.5) is 10.6 Å². The van der Waals surface area contributed by atoms with Crippen LogP contribution in [-0.2, 0) is 6.42 Å². The number of carbonyl (C=O) groups excluding carboxylic acids is 1. The summed E-state index contributed by atoms with van der Waals surface area (Å²) in [5.41, 5.74) is 3.32. The number of hydrogen-bond donors (Lipinski definition) is 0. The summed E-state index contributed by atoms with van der Waals surface area (Å²) >= 11 is 0.